The van der Waals surface area contributed by atoms with Crippen LogP contribution in [0.1, 0.15) is 0 Å². The average molecular weight is 284 g/mol. The van der Waals surface area contributed by atoms with Crippen molar-refractivity contribution in [2.75, 3.05) is 10.5 Å². The first-order valence-electron chi connectivity index (χ1n) is 5.22. The molecule has 0 saturated heterocycles. The van der Waals surface area contributed by atoms with Gasteiger partial charge in [0.25, 0.3) is 10.0 Å². The predicted octanol–water partition coefficient (Wildman–Crippen LogP) is 2.35. The smallest absolute Gasteiger partial charge is 0.262 e. The zero-order valence-electron chi connectivity index (χ0n) is 9.60. The van der Waals surface area contributed by atoms with Gasteiger partial charge in [0.05, 0.1) is 10.6 Å². The first-order chi connectivity index (χ1) is 8.88. The summed E-state index contributed by atoms with van der Waals surface area (Å²) in [6.45, 7) is 0. The number of sulfonamides is 1. The van der Waals surface area contributed by atoms with E-state index in [-0.39, 0.29) is 16.3 Å². The zero-order valence-corrected chi connectivity index (χ0v) is 10.4. The van der Waals surface area contributed by atoms with Gasteiger partial charge in [-0.05, 0) is 30.3 Å². The van der Waals surface area contributed by atoms with Gasteiger partial charge in [-0.15, -0.1) is 0 Å². The Kier molecular flexibility index (Phi) is 3.39. The molecule has 0 saturated carbocycles. The van der Waals surface area contributed by atoms with E-state index in [4.69, 9.17) is 5.73 Å². The molecule has 0 unspecified atom stereocenters. The van der Waals surface area contributed by atoms with E-state index in [2.05, 4.69) is 0 Å². The normalized spacial score (nSPS) is 11.3. The molecule has 0 aliphatic heterocycles. The number of hydrogen-bond acceptors (Lipinski definition) is 3. The number of rotatable bonds is 3. The maximum atomic E-state index is 13.4. The molecule has 7 heteroatoms. The van der Waals surface area contributed by atoms with Crippen LogP contribution in [-0.2, 0) is 10.0 Å². The SMILES string of the molecule is Nc1cc(F)cc(S(=O)(=O)Nc2ccccc2F)c1. The van der Waals surface area contributed by atoms with Crippen molar-refractivity contribution in [2.24, 2.45) is 0 Å². The molecular weight excluding hydrogens is 274 g/mol. The molecule has 2 aromatic rings. The van der Waals surface area contributed by atoms with Crippen molar-refractivity contribution < 1.29 is 17.2 Å². The summed E-state index contributed by atoms with van der Waals surface area (Å²) in [5.41, 5.74) is 5.12. The van der Waals surface area contributed by atoms with E-state index >= 15 is 0 Å². The van der Waals surface area contributed by atoms with Gasteiger partial charge in [0.2, 0.25) is 0 Å². The minimum Gasteiger partial charge on any atom is -0.399 e. The maximum absolute atomic E-state index is 13.4. The molecule has 0 atom stereocenters. The lowest BCUT2D eigenvalue weighted by Gasteiger charge is -2.09. The van der Waals surface area contributed by atoms with Crippen LogP contribution in [0.25, 0.3) is 0 Å². The van der Waals surface area contributed by atoms with Crippen molar-refractivity contribution in [3.63, 3.8) is 0 Å². The highest BCUT2D eigenvalue weighted by Gasteiger charge is 2.17. The van der Waals surface area contributed by atoms with Crippen molar-refractivity contribution in [3.05, 3.63) is 54.1 Å². The first-order valence-corrected chi connectivity index (χ1v) is 6.70. The fourth-order valence-corrected chi connectivity index (χ4v) is 2.62. The molecule has 100 valence electrons. The summed E-state index contributed by atoms with van der Waals surface area (Å²) in [4.78, 5) is -0.367. The topological polar surface area (TPSA) is 72.2 Å². The number of halogens is 2. The van der Waals surface area contributed by atoms with Crippen LogP contribution in [0.4, 0.5) is 20.2 Å². The lowest BCUT2D eigenvalue weighted by molar-refractivity contribution is 0.593. The number of para-hydroxylation sites is 1. The summed E-state index contributed by atoms with van der Waals surface area (Å²) in [5, 5.41) is 0. The van der Waals surface area contributed by atoms with Gasteiger partial charge >= 0.3 is 0 Å². The molecule has 0 aromatic heterocycles. The Morgan fingerprint density at radius 3 is 2.37 bits per heavy atom. The number of hydrogen-bond donors (Lipinski definition) is 2. The van der Waals surface area contributed by atoms with E-state index in [0.29, 0.717) is 0 Å². The van der Waals surface area contributed by atoms with Gasteiger partial charge in [0.1, 0.15) is 11.6 Å². The Balaban J connectivity index is 2.41. The van der Waals surface area contributed by atoms with Crippen LogP contribution in [0.15, 0.2) is 47.4 Å². The van der Waals surface area contributed by atoms with Crippen LogP contribution < -0.4 is 10.5 Å². The number of anilines is 2. The third-order valence-electron chi connectivity index (χ3n) is 2.32. The Hall–Kier alpha value is -2.15. The summed E-state index contributed by atoms with van der Waals surface area (Å²) in [6, 6.07) is 8.15. The third-order valence-corrected chi connectivity index (χ3v) is 3.67. The van der Waals surface area contributed by atoms with Crippen LogP contribution in [-0.4, -0.2) is 8.42 Å². The van der Waals surface area contributed by atoms with Crippen molar-refractivity contribution in [1.29, 1.82) is 0 Å². The zero-order chi connectivity index (χ0) is 14.0. The molecule has 0 aliphatic carbocycles. The number of nitrogens with two attached hydrogens (primary N) is 1. The summed E-state index contributed by atoms with van der Waals surface area (Å²) < 4.78 is 52.4. The molecule has 0 spiro atoms. The van der Waals surface area contributed by atoms with Crippen LogP contribution in [0, 0.1) is 11.6 Å². The lowest BCUT2D eigenvalue weighted by atomic mass is 10.3. The molecule has 0 fully saturated rings. The molecule has 3 N–H and O–H groups in total. The van der Waals surface area contributed by atoms with Gasteiger partial charge in [-0.25, -0.2) is 17.2 Å². The summed E-state index contributed by atoms with van der Waals surface area (Å²) in [5.74, 6) is -1.51. The molecule has 2 rings (SSSR count). The third kappa shape index (κ3) is 3.00. The van der Waals surface area contributed by atoms with Gasteiger partial charge < -0.3 is 5.73 Å². The van der Waals surface area contributed by atoms with E-state index in [1.165, 1.54) is 18.2 Å². The molecule has 19 heavy (non-hydrogen) atoms. The van der Waals surface area contributed by atoms with Crippen LogP contribution in [0.3, 0.4) is 0 Å². The maximum Gasteiger partial charge on any atom is 0.262 e. The monoisotopic (exact) mass is 284 g/mol. The Bertz CT molecular complexity index is 697. The van der Waals surface area contributed by atoms with Gasteiger partial charge in [-0.3, -0.25) is 4.72 Å². The Labute approximate surface area is 108 Å². The van der Waals surface area contributed by atoms with E-state index < -0.39 is 21.7 Å². The van der Waals surface area contributed by atoms with E-state index in [1.807, 2.05) is 4.72 Å². The molecule has 0 radical (unpaired) electrons. The molecule has 4 nitrogen and oxygen atoms in total. The average Bonchev–Trinajstić information content (AvgIpc) is 2.31. The van der Waals surface area contributed by atoms with Gasteiger partial charge in [-0.2, -0.15) is 0 Å². The number of nitrogen functional groups attached to an aromatic ring is 1. The fourth-order valence-electron chi connectivity index (χ4n) is 1.49. The second-order valence-corrected chi connectivity index (χ2v) is 5.49. The minimum atomic E-state index is -4.09. The quantitative estimate of drug-likeness (QED) is 0.850. The fraction of sp³-hybridized carbons (Fsp3) is 0. The largest absolute Gasteiger partial charge is 0.399 e. The highest BCUT2D eigenvalue weighted by molar-refractivity contribution is 7.92. The number of nitrogens with one attached hydrogen (secondary N) is 1. The molecule has 2 aromatic carbocycles. The van der Waals surface area contributed by atoms with Gasteiger partial charge in [0.15, 0.2) is 0 Å². The Morgan fingerprint density at radius 1 is 1.05 bits per heavy atom. The molecular formula is C12H10F2N2O2S. The summed E-state index contributed by atoms with van der Waals surface area (Å²) in [7, 11) is -4.09. The summed E-state index contributed by atoms with van der Waals surface area (Å²) in [6.07, 6.45) is 0. The van der Waals surface area contributed by atoms with E-state index in [1.54, 1.807) is 0 Å². The molecule has 0 aliphatic rings. The lowest BCUT2D eigenvalue weighted by Crippen LogP contribution is -2.14. The first kappa shape index (κ1) is 13.3. The minimum absolute atomic E-state index is 0.0334. The van der Waals surface area contributed by atoms with Crippen LogP contribution in [0.2, 0.25) is 0 Å². The van der Waals surface area contributed by atoms with Crippen molar-refractivity contribution in [1.82, 2.24) is 0 Å². The van der Waals surface area contributed by atoms with Crippen molar-refractivity contribution in [2.45, 2.75) is 4.90 Å². The predicted molar refractivity (Wildman–Crippen MR) is 68.0 cm³/mol. The summed E-state index contributed by atoms with van der Waals surface area (Å²) >= 11 is 0. The van der Waals surface area contributed by atoms with Crippen molar-refractivity contribution >= 4 is 21.4 Å². The van der Waals surface area contributed by atoms with E-state index in [9.17, 15) is 17.2 Å². The molecule has 0 heterocycles. The van der Waals surface area contributed by atoms with E-state index in [0.717, 1.165) is 24.3 Å². The Morgan fingerprint density at radius 2 is 1.74 bits per heavy atom. The second-order valence-electron chi connectivity index (χ2n) is 3.81. The highest BCUT2D eigenvalue weighted by Crippen LogP contribution is 2.21. The van der Waals surface area contributed by atoms with Gasteiger partial charge in [-0.1, -0.05) is 12.1 Å². The van der Waals surface area contributed by atoms with Gasteiger partial charge in [0, 0.05) is 5.69 Å². The van der Waals surface area contributed by atoms with Crippen LogP contribution in [0.5, 0.6) is 0 Å². The second kappa shape index (κ2) is 4.85. The molecule has 0 bridgehead atoms. The molecule has 0 amide bonds. The van der Waals surface area contributed by atoms with Crippen LogP contribution >= 0.6 is 0 Å². The van der Waals surface area contributed by atoms with Crippen molar-refractivity contribution in [3.8, 4) is 0 Å². The number of benzene rings is 2. The standard InChI is InChI=1S/C12H10F2N2O2S/c13-8-5-9(15)7-10(6-8)19(17,18)16-12-4-2-1-3-11(12)14/h1-7,16H,15H2. The highest BCUT2D eigenvalue weighted by atomic mass is 32.2.